The van der Waals surface area contributed by atoms with Crippen molar-refractivity contribution in [3.63, 3.8) is 0 Å². The summed E-state index contributed by atoms with van der Waals surface area (Å²) in [4.78, 5) is 3.78. The van der Waals surface area contributed by atoms with Crippen molar-refractivity contribution in [1.82, 2.24) is 4.98 Å². The Morgan fingerprint density at radius 1 is 1.44 bits per heavy atom. The molecular formula is C8H7B2ClFNO3. The molecule has 1 rings (SSSR count). The molecule has 0 bridgehead atoms. The van der Waals surface area contributed by atoms with Crippen LogP contribution in [0, 0.1) is 0 Å². The highest BCUT2D eigenvalue weighted by molar-refractivity contribution is 6.39. The minimum absolute atomic E-state index is 0.114. The zero-order valence-electron chi connectivity index (χ0n) is 8.10. The number of hydrogen-bond acceptors (Lipinski definition) is 4. The Labute approximate surface area is 99.2 Å². The summed E-state index contributed by atoms with van der Waals surface area (Å²) in [6, 6.07) is 2.78. The highest BCUT2D eigenvalue weighted by Gasteiger charge is 2.44. The molecule has 16 heavy (non-hydrogen) atoms. The number of rotatable bonds is 4. The predicted molar refractivity (Wildman–Crippen MR) is 56.9 cm³/mol. The molecule has 8 heteroatoms. The van der Waals surface area contributed by atoms with Crippen LogP contribution < -0.4 is 4.74 Å². The molecule has 4 nitrogen and oxygen atoms in total. The number of hydrogen-bond donors (Lipinski definition) is 2. The normalized spacial score (nSPS) is 12.5. The molecule has 2 N–H and O–H groups in total. The molecule has 0 fully saturated rings. The number of ether oxygens (including phenoxy) is 1. The summed E-state index contributed by atoms with van der Waals surface area (Å²) in [7, 11) is 9.32. The summed E-state index contributed by atoms with van der Waals surface area (Å²) in [6.07, 6.45) is 1.13. The van der Waals surface area contributed by atoms with E-state index in [1.54, 1.807) is 0 Å². The van der Waals surface area contributed by atoms with Crippen LogP contribution in [0.4, 0.5) is 4.39 Å². The molecule has 0 spiro atoms. The van der Waals surface area contributed by atoms with Gasteiger partial charge in [-0.05, 0) is 12.1 Å². The topological polar surface area (TPSA) is 62.6 Å². The van der Waals surface area contributed by atoms with Gasteiger partial charge in [-0.25, -0.2) is 0 Å². The first-order valence-electron chi connectivity index (χ1n) is 4.17. The first kappa shape index (κ1) is 13.3. The minimum atomic E-state index is -3.35. The fraction of sp³-hybridized carbons (Fsp3) is 0.375. The Bertz CT molecular complexity index is 355. The third-order valence-electron chi connectivity index (χ3n) is 1.69. The van der Waals surface area contributed by atoms with Gasteiger partial charge in [0.1, 0.15) is 26.9 Å². The summed E-state index contributed by atoms with van der Waals surface area (Å²) in [5.74, 6) is -3.28. The molecule has 1 heterocycles. The lowest BCUT2D eigenvalue weighted by atomic mass is 9.65. The third-order valence-corrected chi connectivity index (χ3v) is 1.97. The van der Waals surface area contributed by atoms with E-state index in [1.165, 1.54) is 12.1 Å². The molecule has 0 unspecified atom stereocenters. The van der Waals surface area contributed by atoms with E-state index in [0.29, 0.717) is 5.69 Å². The van der Waals surface area contributed by atoms with Crippen molar-refractivity contribution < 1.29 is 19.3 Å². The highest BCUT2D eigenvalue weighted by atomic mass is 35.5. The summed E-state index contributed by atoms with van der Waals surface area (Å²) < 4.78 is 17.3. The summed E-state index contributed by atoms with van der Waals surface area (Å²) in [5, 5.41) is 18.2. The zero-order valence-corrected chi connectivity index (χ0v) is 8.86. The Balaban J connectivity index is 2.80. The van der Waals surface area contributed by atoms with Crippen molar-refractivity contribution in [3.8, 4) is 5.75 Å². The number of aromatic nitrogens is 1. The van der Waals surface area contributed by atoms with Gasteiger partial charge in [0.2, 0.25) is 0 Å². The third kappa shape index (κ3) is 3.10. The maximum atomic E-state index is 12.9. The van der Waals surface area contributed by atoms with Crippen LogP contribution >= 0.6 is 11.6 Å². The lowest BCUT2D eigenvalue weighted by molar-refractivity contribution is -0.319. The van der Waals surface area contributed by atoms with Crippen molar-refractivity contribution in [1.29, 1.82) is 0 Å². The number of aliphatic hydroxyl groups is 2. The van der Waals surface area contributed by atoms with Crippen LogP contribution in [0.1, 0.15) is 5.69 Å². The minimum Gasteiger partial charge on any atom is -0.436 e. The van der Waals surface area contributed by atoms with Gasteiger partial charge in [-0.15, -0.1) is 11.6 Å². The standard InChI is InChI=1S/C8H7B2ClFNO3/c9-7(10,12)8(14,15)16-6-2-1-5(3-11)13-4-6/h1-2,4,14-15H,3H2. The van der Waals surface area contributed by atoms with E-state index in [-0.39, 0.29) is 11.6 Å². The molecule has 0 amide bonds. The van der Waals surface area contributed by atoms with Crippen LogP contribution in [-0.2, 0) is 5.88 Å². The first-order valence-corrected chi connectivity index (χ1v) is 4.71. The molecule has 82 valence electrons. The Morgan fingerprint density at radius 2 is 2.06 bits per heavy atom. The Kier molecular flexibility index (Phi) is 3.83. The molecule has 0 aliphatic rings. The second kappa shape index (κ2) is 4.61. The van der Waals surface area contributed by atoms with Gasteiger partial charge in [-0.2, -0.15) is 0 Å². The fourth-order valence-electron chi connectivity index (χ4n) is 0.793. The number of pyridine rings is 1. The summed E-state index contributed by atoms with van der Waals surface area (Å²) in [5.41, 5.74) is -2.78. The van der Waals surface area contributed by atoms with Gasteiger partial charge >= 0.3 is 5.97 Å². The van der Waals surface area contributed by atoms with Gasteiger partial charge in [0, 0.05) is 0 Å². The Morgan fingerprint density at radius 3 is 2.44 bits per heavy atom. The van der Waals surface area contributed by atoms with Gasteiger partial charge < -0.3 is 14.9 Å². The van der Waals surface area contributed by atoms with E-state index in [9.17, 15) is 4.39 Å². The Hall–Kier alpha value is -0.780. The maximum absolute atomic E-state index is 12.9. The van der Waals surface area contributed by atoms with Gasteiger partial charge in [-0.1, -0.05) is 0 Å². The second-order valence-electron chi connectivity index (χ2n) is 3.10. The maximum Gasteiger partial charge on any atom is 0.339 e. The van der Waals surface area contributed by atoms with Crippen LogP contribution in [0.15, 0.2) is 18.3 Å². The largest absolute Gasteiger partial charge is 0.436 e. The number of halogens is 2. The zero-order chi connectivity index (χ0) is 12.4. The van der Waals surface area contributed by atoms with Crippen LogP contribution in [0.25, 0.3) is 0 Å². The smallest absolute Gasteiger partial charge is 0.339 e. The molecule has 0 aliphatic heterocycles. The molecule has 4 radical (unpaired) electrons. The van der Waals surface area contributed by atoms with Crippen molar-refractivity contribution in [2.75, 3.05) is 0 Å². The summed E-state index contributed by atoms with van der Waals surface area (Å²) in [6.45, 7) is 0. The average molecular weight is 241 g/mol. The molecule has 1 aromatic rings. The van der Waals surface area contributed by atoms with Gasteiger partial charge in [0.15, 0.2) is 0 Å². The van der Waals surface area contributed by atoms with Crippen LogP contribution in [0.5, 0.6) is 5.75 Å². The van der Waals surface area contributed by atoms with Crippen molar-refractivity contribution in [3.05, 3.63) is 24.0 Å². The van der Waals surface area contributed by atoms with Gasteiger partial charge in [-0.3, -0.25) is 9.37 Å². The van der Waals surface area contributed by atoms with E-state index >= 15 is 0 Å². The van der Waals surface area contributed by atoms with E-state index in [0.717, 1.165) is 6.20 Å². The van der Waals surface area contributed by atoms with E-state index < -0.39 is 11.4 Å². The van der Waals surface area contributed by atoms with Crippen molar-refractivity contribution >= 4 is 27.3 Å². The van der Waals surface area contributed by atoms with Crippen LogP contribution in [-0.4, -0.2) is 42.3 Å². The van der Waals surface area contributed by atoms with Crippen molar-refractivity contribution in [2.24, 2.45) is 0 Å². The van der Waals surface area contributed by atoms with Gasteiger partial charge in [0.05, 0.1) is 17.8 Å². The lowest BCUT2D eigenvalue weighted by Gasteiger charge is -2.32. The SMILES string of the molecule is [B]C([B])(F)C(O)(O)Oc1ccc(CCl)nc1. The molecule has 0 atom stereocenters. The first-order chi connectivity index (χ1) is 7.26. The molecule has 0 saturated carbocycles. The van der Waals surface area contributed by atoms with Crippen LogP contribution in [0.2, 0.25) is 0 Å². The number of alkyl halides is 2. The second-order valence-corrected chi connectivity index (χ2v) is 3.36. The number of nitrogens with zero attached hydrogens (tertiary/aromatic N) is 1. The van der Waals surface area contributed by atoms with Crippen molar-refractivity contribution in [2.45, 2.75) is 17.3 Å². The highest BCUT2D eigenvalue weighted by Crippen LogP contribution is 2.22. The quantitative estimate of drug-likeness (QED) is 0.435. The monoisotopic (exact) mass is 241 g/mol. The van der Waals surface area contributed by atoms with E-state index in [4.69, 9.17) is 21.8 Å². The average Bonchev–Trinajstić information content (AvgIpc) is 2.16. The van der Waals surface area contributed by atoms with Gasteiger partial charge in [0.25, 0.3) is 0 Å². The molecule has 1 aromatic heterocycles. The summed E-state index contributed by atoms with van der Waals surface area (Å²) >= 11 is 5.48. The van der Waals surface area contributed by atoms with E-state index in [2.05, 4.69) is 25.4 Å². The van der Waals surface area contributed by atoms with Crippen LogP contribution in [0.3, 0.4) is 0 Å². The fourth-order valence-corrected chi connectivity index (χ4v) is 0.951. The molecule has 0 saturated heterocycles. The molecular weight excluding hydrogens is 234 g/mol. The predicted octanol–water partition coefficient (Wildman–Crippen LogP) is -0.202. The molecule has 0 aliphatic carbocycles. The lowest BCUT2D eigenvalue weighted by Crippen LogP contribution is -2.56. The molecule has 0 aromatic carbocycles. The van der Waals surface area contributed by atoms with E-state index in [1.807, 2.05) is 0 Å².